The van der Waals surface area contributed by atoms with E-state index in [0.717, 1.165) is 44.1 Å². The number of likely N-dealkylation sites (N-methyl/N-ethyl adjacent to an activating group) is 1. The molecule has 0 bridgehead atoms. The zero-order chi connectivity index (χ0) is 18.6. The molecule has 1 amide bonds. The van der Waals surface area contributed by atoms with Crippen LogP contribution in [0.4, 0.5) is 0 Å². The van der Waals surface area contributed by atoms with Crippen LogP contribution in [0.3, 0.4) is 0 Å². The van der Waals surface area contributed by atoms with Crippen LogP contribution in [0.1, 0.15) is 43.1 Å². The Labute approximate surface area is 161 Å². The van der Waals surface area contributed by atoms with Crippen LogP contribution in [0.15, 0.2) is 36.8 Å². The van der Waals surface area contributed by atoms with Crippen molar-refractivity contribution in [2.45, 2.75) is 44.7 Å². The maximum atomic E-state index is 12.7. The molecular weight excluding hydrogens is 338 g/mol. The lowest BCUT2D eigenvalue weighted by molar-refractivity contribution is -0.133. The number of aromatic nitrogens is 3. The molecule has 3 heterocycles. The lowest BCUT2D eigenvalue weighted by Crippen LogP contribution is -2.43. The smallest absolute Gasteiger partial charge is 0.236 e. The third-order valence-corrected chi connectivity index (χ3v) is 5.68. The van der Waals surface area contributed by atoms with Crippen LogP contribution in [0, 0.1) is 5.92 Å². The van der Waals surface area contributed by atoms with E-state index in [1.54, 1.807) is 6.20 Å². The minimum absolute atomic E-state index is 0.216. The third kappa shape index (κ3) is 4.75. The summed E-state index contributed by atoms with van der Waals surface area (Å²) >= 11 is 0. The Bertz CT molecular complexity index is 747. The van der Waals surface area contributed by atoms with Gasteiger partial charge in [0.2, 0.25) is 5.91 Å². The highest BCUT2D eigenvalue weighted by molar-refractivity contribution is 5.78. The van der Waals surface area contributed by atoms with Gasteiger partial charge in [0, 0.05) is 50.7 Å². The van der Waals surface area contributed by atoms with E-state index in [0.29, 0.717) is 19.0 Å². The summed E-state index contributed by atoms with van der Waals surface area (Å²) in [5.41, 5.74) is 0.994. The van der Waals surface area contributed by atoms with Crippen molar-refractivity contribution in [3.8, 4) is 0 Å². The number of likely N-dealkylation sites (tertiary alicyclic amines) is 1. The average Bonchev–Trinajstić information content (AvgIpc) is 3.37. The zero-order valence-corrected chi connectivity index (χ0v) is 16.1. The van der Waals surface area contributed by atoms with E-state index in [2.05, 4.69) is 20.7 Å². The minimum Gasteiger partial charge on any atom is -0.342 e. The highest BCUT2D eigenvalue weighted by Gasteiger charge is 2.28. The Morgan fingerprint density at radius 3 is 2.67 bits per heavy atom. The topological polar surface area (TPSA) is 54.3 Å². The normalized spacial score (nSPS) is 18.2. The summed E-state index contributed by atoms with van der Waals surface area (Å²) in [6.07, 6.45) is 10.6. The van der Waals surface area contributed by atoms with Gasteiger partial charge in [-0.3, -0.25) is 14.7 Å². The van der Waals surface area contributed by atoms with Crippen LogP contribution in [-0.4, -0.2) is 56.9 Å². The van der Waals surface area contributed by atoms with Crippen molar-refractivity contribution in [3.63, 3.8) is 0 Å². The number of hydrogen-bond acceptors (Lipinski definition) is 4. The van der Waals surface area contributed by atoms with Crippen molar-refractivity contribution in [2.24, 2.45) is 5.92 Å². The Balaban J connectivity index is 1.26. The Hall–Kier alpha value is -2.21. The molecule has 0 aromatic carbocycles. The molecule has 6 nitrogen and oxygen atoms in total. The van der Waals surface area contributed by atoms with Gasteiger partial charge in [0.25, 0.3) is 0 Å². The first-order valence-corrected chi connectivity index (χ1v) is 10.1. The molecule has 0 unspecified atom stereocenters. The molecule has 0 spiro atoms. The maximum Gasteiger partial charge on any atom is 0.236 e. The van der Waals surface area contributed by atoms with Gasteiger partial charge in [0.15, 0.2) is 0 Å². The fraction of sp³-hybridized carbons (Fsp3) is 0.571. The summed E-state index contributed by atoms with van der Waals surface area (Å²) in [4.78, 5) is 25.7. The largest absolute Gasteiger partial charge is 0.342 e. The Kier molecular flexibility index (Phi) is 5.53. The van der Waals surface area contributed by atoms with Gasteiger partial charge in [-0.05, 0) is 50.8 Å². The van der Waals surface area contributed by atoms with E-state index in [4.69, 9.17) is 0 Å². The quantitative estimate of drug-likeness (QED) is 0.755. The van der Waals surface area contributed by atoms with Gasteiger partial charge in [-0.15, -0.1) is 0 Å². The van der Waals surface area contributed by atoms with E-state index in [1.807, 2.05) is 41.2 Å². The molecule has 1 aliphatic heterocycles. The number of rotatable bonds is 7. The standard InChI is InChI=1S/C21H29N5O/c1-24(15-19-4-2-3-9-22-19)16-20(27)25-11-7-18(8-12-25)21-23-10-13-26(21)14-17-5-6-17/h2-4,9-10,13,17-18H,5-8,11-12,14-16H2,1H3. The number of amides is 1. The monoisotopic (exact) mass is 367 g/mol. The van der Waals surface area contributed by atoms with Crippen LogP contribution < -0.4 is 0 Å². The SMILES string of the molecule is CN(CC(=O)N1CCC(c2nccn2CC2CC2)CC1)Cc1ccccn1. The van der Waals surface area contributed by atoms with E-state index in [-0.39, 0.29) is 5.91 Å². The first-order chi connectivity index (χ1) is 13.2. The van der Waals surface area contributed by atoms with Crippen molar-refractivity contribution >= 4 is 5.91 Å². The molecule has 0 radical (unpaired) electrons. The van der Waals surface area contributed by atoms with Crippen molar-refractivity contribution in [3.05, 3.63) is 48.3 Å². The Morgan fingerprint density at radius 2 is 1.96 bits per heavy atom. The van der Waals surface area contributed by atoms with Crippen LogP contribution in [0.25, 0.3) is 0 Å². The summed E-state index contributed by atoms with van der Waals surface area (Å²) in [7, 11) is 1.98. The van der Waals surface area contributed by atoms with Crippen LogP contribution in [0.2, 0.25) is 0 Å². The molecule has 2 aromatic rings. The molecular formula is C21H29N5O. The lowest BCUT2D eigenvalue weighted by Gasteiger charge is -2.33. The molecule has 4 rings (SSSR count). The van der Waals surface area contributed by atoms with Gasteiger partial charge in [0.05, 0.1) is 12.2 Å². The second-order valence-corrected chi connectivity index (χ2v) is 8.03. The number of hydrogen-bond donors (Lipinski definition) is 0. The van der Waals surface area contributed by atoms with Gasteiger partial charge < -0.3 is 9.47 Å². The molecule has 144 valence electrons. The highest BCUT2D eigenvalue weighted by atomic mass is 16.2. The molecule has 1 aliphatic carbocycles. The van der Waals surface area contributed by atoms with E-state index >= 15 is 0 Å². The van der Waals surface area contributed by atoms with E-state index < -0.39 is 0 Å². The molecule has 2 fully saturated rings. The molecule has 1 saturated heterocycles. The third-order valence-electron chi connectivity index (χ3n) is 5.68. The fourth-order valence-corrected chi connectivity index (χ4v) is 3.96. The van der Waals surface area contributed by atoms with Crippen molar-refractivity contribution < 1.29 is 4.79 Å². The average molecular weight is 367 g/mol. The number of carbonyl (C=O) groups is 1. The van der Waals surface area contributed by atoms with Gasteiger partial charge in [0.1, 0.15) is 5.82 Å². The van der Waals surface area contributed by atoms with Crippen molar-refractivity contribution in [1.29, 1.82) is 0 Å². The first-order valence-electron chi connectivity index (χ1n) is 10.1. The van der Waals surface area contributed by atoms with Crippen molar-refractivity contribution in [1.82, 2.24) is 24.3 Å². The molecule has 27 heavy (non-hydrogen) atoms. The number of nitrogens with zero attached hydrogens (tertiary/aromatic N) is 5. The van der Waals surface area contributed by atoms with Crippen LogP contribution in [0.5, 0.6) is 0 Å². The van der Waals surface area contributed by atoms with E-state index in [1.165, 1.54) is 18.7 Å². The highest BCUT2D eigenvalue weighted by Crippen LogP contribution is 2.33. The predicted molar refractivity (Wildman–Crippen MR) is 104 cm³/mol. The number of carbonyl (C=O) groups excluding carboxylic acids is 1. The summed E-state index contributed by atoms with van der Waals surface area (Å²) in [5, 5.41) is 0. The summed E-state index contributed by atoms with van der Waals surface area (Å²) in [6.45, 7) is 3.92. The summed E-state index contributed by atoms with van der Waals surface area (Å²) in [5.74, 6) is 2.78. The summed E-state index contributed by atoms with van der Waals surface area (Å²) in [6, 6.07) is 5.89. The van der Waals surface area contributed by atoms with Gasteiger partial charge in [-0.25, -0.2) is 4.98 Å². The predicted octanol–water partition coefficient (Wildman–Crippen LogP) is 2.53. The first kappa shape index (κ1) is 18.2. The molecule has 1 saturated carbocycles. The lowest BCUT2D eigenvalue weighted by atomic mass is 9.95. The van der Waals surface area contributed by atoms with Gasteiger partial charge >= 0.3 is 0 Å². The second-order valence-electron chi connectivity index (χ2n) is 8.03. The maximum absolute atomic E-state index is 12.7. The van der Waals surface area contributed by atoms with Crippen LogP contribution >= 0.6 is 0 Å². The van der Waals surface area contributed by atoms with E-state index in [9.17, 15) is 4.79 Å². The molecule has 0 N–H and O–H groups in total. The zero-order valence-electron chi connectivity index (χ0n) is 16.1. The number of imidazole rings is 1. The Morgan fingerprint density at radius 1 is 1.15 bits per heavy atom. The summed E-state index contributed by atoms with van der Waals surface area (Å²) < 4.78 is 2.35. The number of pyridine rings is 1. The second kappa shape index (κ2) is 8.21. The molecule has 2 aromatic heterocycles. The van der Waals surface area contributed by atoms with Crippen molar-refractivity contribution in [2.75, 3.05) is 26.7 Å². The molecule has 0 atom stereocenters. The van der Waals surface area contributed by atoms with Crippen LogP contribution in [-0.2, 0) is 17.9 Å². The molecule has 6 heteroatoms. The van der Waals surface area contributed by atoms with Gasteiger partial charge in [-0.2, -0.15) is 0 Å². The fourth-order valence-electron chi connectivity index (χ4n) is 3.96. The number of piperidine rings is 1. The molecule has 2 aliphatic rings. The minimum atomic E-state index is 0.216. The van der Waals surface area contributed by atoms with Gasteiger partial charge in [-0.1, -0.05) is 6.07 Å².